The van der Waals surface area contributed by atoms with E-state index in [1.165, 1.54) is 28.2 Å². The topological polar surface area (TPSA) is 68.8 Å². The summed E-state index contributed by atoms with van der Waals surface area (Å²) in [5.41, 5.74) is 0.472. The van der Waals surface area contributed by atoms with Gasteiger partial charge in [0.2, 0.25) is 5.95 Å². The van der Waals surface area contributed by atoms with Crippen molar-refractivity contribution in [1.82, 2.24) is 24.1 Å². The van der Waals surface area contributed by atoms with Crippen molar-refractivity contribution in [2.75, 3.05) is 11.9 Å². The molecule has 0 fully saturated rings. The van der Waals surface area contributed by atoms with Gasteiger partial charge in [0.15, 0.2) is 16.2 Å². The van der Waals surface area contributed by atoms with Gasteiger partial charge in [0, 0.05) is 24.0 Å². The maximum Gasteiger partial charge on any atom is 0.443 e. The number of hydrogen-bond acceptors (Lipinski definition) is 6. The molecule has 0 saturated carbocycles. The highest BCUT2D eigenvalue weighted by molar-refractivity contribution is 7.10. The van der Waals surface area contributed by atoms with Gasteiger partial charge in [-0.25, -0.2) is 14.5 Å². The van der Waals surface area contributed by atoms with Crippen LogP contribution < -0.4 is 10.5 Å². The Hall–Kier alpha value is -2.92. The highest BCUT2D eigenvalue weighted by Gasteiger charge is 2.35. The third-order valence-electron chi connectivity index (χ3n) is 4.43. The molecule has 30 heavy (non-hydrogen) atoms. The van der Waals surface area contributed by atoms with Gasteiger partial charge in [-0.15, -0.1) is 11.3 Å². The fourth-order valence-corrected chi connectivity index (χ4v) is 3.75. The Kier molecular flexibility index (Phi) is 5.02. The minimum Gasteiger partial charge on any atom is -0.315 e. The molecule has 0 spiro atoms. The summed E-state index contributed by atoms with van der Waals surface area (Å²) in [4.78, 5) is 27.0. The van der Waals surface area contributed by atoms with E-state index in [-0.39, 0.29) is 17.3 Å². The molecule has 7 nitrogen and oxygen atoms in total. The molecule has 4 aromatic rings. The molecule has 0 atom stereocenters. The molecule has 0 aliphatic rings. The van der Waals surface area contributed by atoms with E-state index in [9.17, 15) is 18.0 Å². The number of rotatable bonds is 4. The molecule has 0 unspecified atom stereocenters. The van der Waals surface area contributed by atoms with E-state index in [2.05, 4.69) is 15.0 Å². The highest BCUT2D eigenvalue weighted by atomic mass is 35.5. The van der Waals surface area contributed by atoms with Crippen molar-refractivity contribution in [1.29, 1.82) is 0 Å². The number of aryl methyl sites for hydroxylation is 1. The van der Waals surface area contributed by atoms with Gasteiger partial charge in [0.1, 0.15) is 5.82 Å². The van der Waals surface area contributed by atoms with Gasteiger partial charge >= 0.3 is 6.18 Å². The van der Waals surface area contributed by atoms with E-state index in [0.717, 1.165) is 0 Å². The van der Waals surface area contributed by atoms with Crippen LogP contribution in [0.5, 0.6) is 0 Å². The Bertz CT molecular complexity index is 1280. The lowest BCUT2D eigenvalue weighted by molar-refractivity contribution is -0.137. The zero-order chi connectivity index (χ0) is 21.6. The first kappa shape index (κ1) is 20.4. The normalized spacial score (nSPS) is 11.9. The first-order chi connectivity index (χ1) is 14.2. The smallest absolute Gasteiger partial charge is 0.315 e. The fourth-order valence-electron chi connectivity index (χ4n) is 2.92. The van der Waals surface area contributed by atoms with E-state index >= 15 is 0 Å². The minimum absolute atomic E-state index is 0.0175. The fraction of sp³-hybridized carbons (Fsp3) is 0.222. The lowest BCUT2D eigenvalue weighted by Gasteiger charge is -2.20. The van der Waals surface area contributed by atoms with Crippen LogP contribution in [-0.2, 0) is 12.7 Å². The van der Waals surface area contributed by atoms with Crippen molar-refractivity contribution in [2.45, 2.75) is 19.6 Å². The Morgan fingerprint density at radius 3 is 2.50 bits per heavy atom. The zero-order valence-corrected chi connectivity index (χ0v) is 17.3. The number of aromatic nitrogens is 5. The zero-order valence-electron chi connectivity index (χ0n) is 15.7. The van der Waals surface area contributed by atoms with E-state index < -0.39 is 16.7 Å². The van der Waals surface area contributed by atoms with Gasteiger partial charge in [-0.1, -0.05) is 11.6 Å². The van der Waals surface area contributed by atoms with Gasteiger partial charge in [-0.2, -0.15) is 18.2 Å². The largest absolute Gasteiger partial charge is 0.443 e. The van der Waals surface area contributed by atoms with Crippen molar-refractivity contribution in [3.05, 3.63) is 56.4 Å². The summed E-state index contributed by atoms with van der Waals surface area (Å²) in [6, 6.07) is 6.44. The van der Waals surface area contributed by atoms with Crippen LogP contribution in [0.15, 0.2) is 40.8 Å². The molecule has 0 aliphatic carbocycles. The van der Waals surface area contributed by atoms with Crippen LogP contribution in [0.1, 0.15) is 11.9 Å². The summed E-state index contributed by atoms with van der Waals surface area (Å²) in [6.45, 7) is 2.39. The third kappa shape index (κ3) is 3.43. The molecule has 156 valence electrons. The quantitative estimate of drug-likeness (QED) is 0.454. The number of hydrogen-bond donors (Lipinski definition) is 0. The lowest BCUT2D eigenvalue weighted by atomic mass is 10.3. The standard InChI is InChI=1S/C18H14ClF3N6OS/c1-3-27-9-23-13-14(27)25-17(26(2)12-8-30-16(24-12)18(20,21)22)28(15(13)29)11-6-4-10(19)5-7-11/h4-9H,3H2,1-2H3. The van der Waals surface area contributed by atoms with Gasteiger partial charge in [-0.05, 0) is 31.2 Å². The van der Waals surface area contributed by atoms with Crippen LogP contribution in [0.4, 0.5) is 24.9 Å². The summed E-state index contributed by atoms with van der Waals surface area (Å²) in [7, 11) is 1.50. The van der Waals surface area contributed by atoms with Crippen LogP contribution in [0, 0.1) is 0 Å². The molecule has 0 aliphatic heterocycles. The average Bonchev–Trinajstić information content (AvgIpc) is 3.35. The van der Waals surface area contributed by atoms with E-state index in [4.69, 9.17) is 11.6 Å². The maximum atomic E-state index is 13.3. The van der Waals surface area contributed by atoms with E-state index in [0.29, 0.717) is 34.2 Å². The van der Waals surface area contributed by atoms with Crippen molar-refractivity contribution in [3.8, 4) is 5.69 Å². The van der Waals surface area contributed by atoms with Gasteiger partial charge < -0.3 is 4.57 Å². The molecule has 3 aromatic heterocycles. The van der Waals surface area contributed by atoms with Gasteiger partial charge in [0.25, 0.3) is 5.56 Å². The number of thiazole rings is 1. The molecule has 12 heteroatoms. The van der Waals surface area contributed by atoms with Crippen molar-refractivity contribution < 1.29 is 13.2 Å². The SMILES string of the molecule is CCn1cnc2c(=O)n(-c3ccc(Cl)cc3)c(N(C)c3csc(C(F)(F)F)n3)nc21. The number of nitrogens with zero attached hydrogens (tertiary/aromatic N) is 6. The maximum absolute atomic E-state index is 13.3. The van der Waals surface area contributed by atoms with Crippen molar-refractivity contribution in [3.63, 3.8) is 0 Å². The molecule has 0 saturated heterocycles. The van der Waals surface area contributed by atoms with Crippen molar-refractivity contribution >= 4 is 45.9 Å². The number of benzene rings is 1. The number of fused-ring (bicyclic) bond motifs is 1. The number of anilines is 2. The molecule has 1 aromatic carbocycles. The Morgan fingerprint density at radius 1 is 1.20 bits per heavy atom. The second-order valence-corrected chi connectivity index (χ2v) is 7.59. The molecular formula is C18H14ClF3N6OS. The summed E-state index contributed by atoms with van der Waals surface area (Å²) in [5.74, 6) is 0.118. The van der Waals surface area contributed by atoms with Gasteiger partial charge in [0.05, 0.1) is 12.0 Å². The number of alkyl halides is 3. The summed E-state index contributed by atoms with van der Waals surface area (Å²) < 4.78 is 42.0. The predicted molar refractivity (Wildman–Crippen MR) is 109 cm³/mol. The summed E-state index contributed by atoms with van der Waals surface area (Å²) >= 11 is 6.43. The van der Waals surface area contributed by atoms with Crippen molar-refractivity contribution in [2.24, 2.45) is 0 Å². The van der Waals surface area contributed by atoms with Crippen LogP contribution in [0.25, 0.3) is 16.9 Å². The average molecular weight is 455 g/mol. The van der Waals surface area contributed by atoms with Gasteiger partial charge in [-0.3, -0.25) is 9.69 Å². The Labute approximate surface area is 177 Å². The minimum atomic E-state index is -4.56. The molecule has 0 bridgehead atoms. The lowest BCUT2D eigenvalue weighted by Crippen LogP contribution is -2.27. The molecular weight excluding hydrogens is 441 g/mol. The Balaban J connectivity index is 1.96. The molecule has 0 radical (unpaired) electrons. The number of imidazole rings is 1. The predicted octanol–water partition coefficient (Wildman–Crippen LogP) is 4.50. The molecule has 3 heterocycles. The van der Waals surface area contributed by atoms with E-state index in [1.54, 1.807) is 28.8 Å². The second kappa shape index (κ2) is 7.40. The highest BCUT2D eigenvalue weighted by Crippen LogP contribution is 2.35. The van der Waals surface area contributed by atoms with Crippen LogP contribution in [0.2, 0.25) is 5.02 Å². The first-order valence-electron chi connectivity index (χ1n) is 8.71. The number of halogens is 4. The van der Waals surface area contributed by atoms with Crippen LogP contribution >= 0.6 is 22.9 Å². The molecule has 0 amide bonds. The first-order valence-corrected chi connectivity index (χ1v) is 9.96. The van der Waals surface area contributed by atoms with Crippen LogP contribution in [0.3, 0.4) is 0 Å². The summed E-state index contributed by atoms with van der Waals surface area (Å²) in [6.07, 6.45) is -3.06. The van der Waals surface area contributed by atoms with E-state index in [1.807, 2.05) is 6.92 Å². The van der Waals surface area contributed by atoms with Crippen LogP contribution in [-0.4, -0.2) is 31.1 Å². The third-order valence-corrected chi connectivity index (χ3v) is 5.55. The monoisotopic (exact) mass is 454 g/mol. The molecule has 0 N–H and O–H groups in total. The Morgan fingerprint density at radius 2 is 1.90 bits per heavy atom. The second-order valence-electron chi connectivity index (χ2n) is 6.30. The molecule has 4 rings (SSSR count). The summed E-state index contributed by atoms with van der Waals surface area (Å²) in [5, 5.41) is 0.757.